The Balaban J connectivity index is 1.60. The van der Waals surface area contributed by atoms with Gasteiger partial charge in [-0.15, -0.1) is 0 Å². The minimum absolute atomic E-state index is 0.0457. The van der Waals surface area contributed by atoms with Crippen LogP contribution >= 0.6 is 0 Å². The number of piperidine rings is 2. The molecule has 1 aromatic rings. The molecule has 0 saturated carbocycles. The second-order valence-electron chi connectivity index (χ2n) is 7.81. The highest BCUT2D eigenvalue weighted by molar-refractivity contribution is 5.76. The summed E-state index contributed by atoms with van der Waals surface area (Å²) in [5.74, 6) is -0.202. The van der Waals surface area contributed by atoms with E-state index in [0.717, 1.165) is 0 Å². The quantitative estimate of drug-likeness (QED) is 0.853. The van der Waals surface area contributed by atoms with E-state index in [1.807, 2.05) is 0 Å². The summed E-state index contributed by atoms with van der Waals surface area (Å²) in [6.07, 6.45) is -1.14. The lowest BCUT2D eigenvalue weighted by molar-refractivity contribution is -0.142. The van der Waals surface area contributed by atoms with Crippen LogP contribution < -0.4 is 0 Å². The van der Waals surface area contributed by atoms with Crippen LogP contribution in [0.2, 0.25) is 0 Å². The van der Waals surface area contributed by atoms with E-state index < -0.39 is 12.5 Å². The first-order valence-electron chi connectivity index (χ1n) is 9.23. The van der Waals surface area contributed by atoms with Gasteiger partial charge in [0, 0.05) is 38.8 Å². The van der Waals surface area contributed by atoms with Gasteiger partial charge in [-0.1, -0.05) is 0 Å². The van der Waals surface area contributed by atoms with Crippen LogP contribution in [0.5, 0.6) is 0 Å². The predicted molar refractivity (Wildman–Crippen MR) is 93.0 cm³/mol. The zero-order valence-electron chi connectivity index (χ0n) is 15.7. The van der Waals surface area contributed by atoms with Crippen molar-refractivity contribution in [1.29, 1.82) is 0 Å². The molecule has 27 heavy (non-hydrogen) atoms. The Labute approximate surface area is 156 Å². The molecule has 3 rings (SSSR count). The molecule has 1 spiro atoms. The predicted octanol–water partition coefficient (Wildman–Crippen LogP) is 1.35. The first kappa shape index (κ1) is 19.7. The van der Waals surface area contributed by atoms with Crippen LogP contribution in [0.4, 0.5) is 8.78 Å². The van der Waals surface area contributed by atoms with Gasteiger partial charge < -0.3 is 14.9 Å². The molecule has 2 saturated heterocycles. The van der Waals surface area contributed by atoms with Gasteiger partial charge in [0.25, 0.3) is 6.43 Å². The molecule has 2 amide bonds. The van der Waals surface area contributed by atoms with Crippen LogP contribution in [0, 0.1) is 12.3 Å². The zero-order valence-corrected chi connectivity index (χ0v) is 15.7. The standard InChI is InChI=1S/C18H26F2N4O3/c1-12-7-15(17(19)20)21-24(12)10-16(27)22-5-3-18(4-6-22)8-14(26)9-23(11-18)13(2)25/h7,14,17,26H,3-6,8-11H2,1-2H3. The minimum atomic E-state index is -2.66. The Morgan fingerprint density at radius 2 is 2.00 bits per heavy atom. The SMILES string of the molecule is CC(=O)N1CC(O)CC2(CCN(C(=O)Cn3nc(C(F)F)cc3C)CC2)C1. The number of alkyl halides is 2. The molecule has 0 bridgehead atoms. The Morgan fingerprint density at radius 3 is 2.56 bits per heavy atom. The second kappa shape index (κ2) is 7.53. The summed E-state index contributed by atoms with van der Waals surface area (Å²) in [7, 11) is 0. The molecule has 150 valence electrons. The van der Waals surface area contributed by atoms with Crippen molar-refractivity contribution in [2.45, 2.75) is 52.2 Å². The highest BCUT2D eigenvalue weighted by Gasteiger charge is 2.42. The van der Waals surface area contributed by atoms with Crippen LogP contribution in [0.15, 0.2) is 6.07 Å². The number of β-amino-alcohol motifs (C(OH)–C–C–N with tert-alkyl or cyclic N) is 1. The third-order valence-electron chi connectivity index (χ3n) is 5.76. The lowest BCUT2D eigenvalue weighted by Gasteiger charge is -2.49. The fourth-order valence-electron chi connectivity index (χ4n) is 4.22. The van der Waals surface area contributed by atoms with Gasteiger partial charge >= 0.3 is 0 Å². The number of likely N-dealkylation sites (tertiary alicyclic amines) is 2. The largest absolute Gasteiger partial charge is 0.391 e. The number of carbonyl (C=O) groups is 2. The third kappa shape index (κ3) is 4.28. The molecule has 2 aliphatic heterocycles. The molecule has 2 aliphatic rings. The van der Waals surface area contributed by atoms with Gasteiger partial charge in [-0.05, 0) is 37.7 Å². The van der Waals surface area contributed by atoms with E-state index in [1.165, 1.54) is 17.7 Å². The van der Waals surface area contributed by atoms with Crippen molar-refractivity contribution in [3.63, 3.8) is 0 Å². The highest BCUT2D eigenvalue weighted by Crippen LogP contribution is 2.40. The number of aromatic nitrogens is 2. The third-order valence-corrected chi connectivity index (χ3v) is 5.76. The monoisotopic (exact) mass is 384 g/mol. The van der Waals surface area contributed by atoms with Crippen LogP contribution in [-0.4, -0.2) is 68.8 Å². The van der Waals surface area contributed by atoms with E-state index in [0.29, 0.717) is 51.1 Å². The molecule has 0 aromatic carbocycles. The first-order chi connectivity index (χ1) is 12.7. The van der Waals surface area contributed by atoms with Gasteiger partial charge in [-0.2, -0.15) is 5.10 Å². The minimum Gasteiger partial charge on any atom is -0.391 e. The fraction of sp³-hybridized carbons (Fsp3) is 0.722. The van der Waals surface area contributed by atoms with E-state index in [9.17, 15) is 23.5 Å². The summed E-state index contributed by atoms with van der Waals surface area (Å²) in [6.45, 7) is 5.12. The number of nitrogens with zero attached hydrogens (tertiary/aromatic N) is 4. The van der Waals surface area contributed by atoms with Crippen molar-refractivity contribution >= 4 is 11.8 Å². The molecule has 1 aromatic heterocycles. The van der Waals surface area contributed by atoms with Gasteiger partial charge in [0.2, 0.25) is 11.8 Å². The fourth-order valence-corrected chi connectivity index (χ4v) is 4.22. The van der Waals surface area contributed by atoms with E-state index in [-0.39, 0.29) is 29.5 Å². The van der Waals surface area contributed by atoms with Gasteiger partial charge in [-0.3, -0.25) is 14.3 Å². The topological polar surface area (TPSA) is 78.7 Å². The van der Waals surface area contributed by atoms with Crippen LogP contribution in [0.3, 0.4) is 0 Å². The summed E-state index contributed by atoms with van der Waals surface area (Å²) in [5.41, 5.74) is 0.0444. The van der Waals surface area contributed by atoms with Crippen molar-refractivity contribution in [3.8, 4) is 0 Å². The van der Waals surface area contributed by atoms with Crippen molar-refractivity contribution in [2.75, 3.05) is 26.2 Å². The van der Waals surface area contributed by atoms with Crippen molar-refractivity contribution in [2.24, 2.45) is 5.41 Å². The first-order valence-corrected chi connectivity index (χ1v) is 9.23. The van der Waals surface area contributed by atoms with E-state index in [2.05, 4.69) is 5.10 Å². The van der Waals surface area contributed by atoms with Crippen LogP contribution in [0.25, 0.3) is 0 Å². The molecule has 1 unspecified atom stereocenters. The van der Waals surface area contributed by atoms with Gasteiger partial charge in [-0.25, -0.2) is 8.78 Å². The molecule has 3 heterocycles. The van der Waals surface area contributed by atoms with Gasteiger partial charge in [0.1, 0.15) is 12.2 Å². The molecule has 2 fully saturated rings. The number of hydrogen-bond donors (Lipinski definition) is 1. The Bertz CT molecular complexity index is 713. The summed E-state index contributed by atoms with van der Waals surface area (Å²) in [5, 5.41) is 14.0. The molecular weight excluding hydrogens is 358 g/mol. The summed E-state index contributed by atoms with van der Waals surface area (Å²) >= 11 is 0. The van der Waals surface area contributed by atoms with Crippen molar-refractivity contribution in [3.05, 3.63) is 17.5 Å². The number of halogens is 2. The number of amides is 2. The normalized spacial score (nSPS) is 22.5. The average molecular weight is 384 g/mol. The Morgan fingerprint density at radius 1 is 1.33 bits per heavy atom. The molecule has 0 radical (unpaired) electrons. The molecule has 1 N–H and O–H groups in total. The average Bonchev–Trinajstić information content (AvgIpc) is 2.96. The Kier molecular flexibility index (Phi) is 5.50. The van der Waals surface area contributed by atoms with E-state index >= 15 is 0 Å². The van der Waals surface area contributed by atoms with Crippen molar-refractivity contribution in [1.82, 2.24) is 19.6 Å². The number of aryl methyl sites for hydroxylation is 1. The molecule has 0 aliphatic carbocycles. The molecular formula is C18H26F2N4O3. The van der Waals surface area contributed by atoms with E-state index in [4.69, 9.17) is 0 Å². The zero-order chi connectivity index (χ0) is 19.8. The number of hydrogen-bond acceptors (Lipinski definition) is 4. The number of aliphatic hydroxyl groups is 1. The molecule has 7 nitrogen and oxygen atoms in total. The van der Waals surface area contributed by atoms with Gasteiger partial charge in [0.05, 0.1) is 6.10 Å². The maximum atomic E-state index is 12.8. The maximum absolute atomic E-state index is 12.8. The molecule has 9 heteroatoms. The summed E-state index contributed by atoms with van der Waals surface area (Å²) in [6, 6.07) is 1.29. The smallest absolute Gasteiger partial charge is 0.282 e. The highest BCUT2D eigenvalue weighted by atomic mass is 19.3. The van der Waals surface area contributed by atoms with Gasteiger partial charge in [0.15, 0.2) is 0 Å². The summed E-state index contributed by atoms with van der Waals surface area (Å²) < 4.78 is 26.8. The van der Waals surface area contributed by atoms with Crippen LogP contribution in [0.1, 0.15) is 44.0 Å². The Hall–Kier alpha value is -2.03. The second-order valence-corrected chi connectivity index (χ2v) is 7.81. The summed E-state index contributed by atoms with van der Waals surface area (Å²) in [4.78, 5) is 27.7. The lowest BCUT2D eigenvalue weighted by Crippen LogP contribution is -2.55. The van der Waals surface area contributed by atoms with Crippen LogP contribution in [-0.2, 0) is 16.1 Å². The van der Waals surface area contributed by atoms with E-state index in [1.54, 1.807) is 16.7 Å². The lowest BCUT2D eigenvalue weighted by atomic mass is 9.71. The molecule has 1 atom stereocenters. The number of aliphatic hydroxyl groups excluding tert-OH is 1. The number of rotatable bonds is 3. The van der Waals surface area contributed by atoms with Crippen molar-refractivity contribution < 1.29 is 23.5 Å². The maximum Gasteiger partial charge on any atom is 0.282 e. The number of carbonyl (C=O) groups excluding carboxylic acids is 2.